The van der Waals surface area contributed by atoms with Gasteiger partial charge in [0.2, 0.25) is 17.6 Å². The molecule has 0 aliphatic heterocycles. The molecule has 0 fully saturated rings. The number of amides is 1. The minimum atomic E-state index is 0.0200. The fraction of sp³-hybridized carbons (Fsp3) is 0.375. The molecule has 1 aromatic heterocycles. The Hall–Kier alpha value is -2.70. The summed E-state index contributed by atoms with van der Waals surface area (Å²) in [5.41, 5.74) is 3.23. The average Bonchev–Trinajstić information content (AvgIpc) is 3.25. The number of carbonyl (C=O) groups is 1. The van der Waals surface area contributed by atoms with E-state index in [0.29, 0.717) is 42.5 Å². The number of carbonyl (C=O) groups excluding carboxylic acids is 1. The van der Waals surface area contributed by atoms with Crippen molar-refractivity contribution in [2.24, 2.45) is 0 Å². The second kappa shape index (κ2) is 11.6. The lowest BCUT2D eigenvalue weighted by Gasteiger charge is -2.18. The zero-order chi connectivity index (χ0) is 22.1. The first-order chi connectivity index (χ1) is 15.1. The molecule has 1 N–H and O–H groups in total. The van der Waals surface area contributed by atoms with Gasteiger partial charge in [0.1, 0.15) is 0 Å². The highest BCUT2D eigenvalue weighted by atomic mass is 35.5. The average molecular weight is 441 g/mol. The van der Waals surface area contributed by atoms with Gasteiger partial charge in [-0.25, -0.2) is 0 Å². The first-order valence-electron chi connectivity index (χ1n) is 10.7. The zero-order valence-electron chi connectivity index (χ0n) is 18.1. The van der Waals surface area contributed by atoms with Crippen molar-refractivity contribution >= 4 is 17.5 Å². The Balaban J connectivity index is 1.41. The first kappa shape index (κ1) is 23.0. The number of rotatable bonds is 11. The number of nitrogens with one attached hydrogen (secondary N) is 1. The summed E-state index contributed by atoms with van der Waals surface area (Å²) in [4.78, 5) is 19.0. The number of hydrogen-bond donors (Lipinski definition) is 1. The van der Waals surface area contributed by atoms with E-state index in [1.54, 1.807) is 12.1 Å². The van der Waals surface area contributed by atoms with Crippen molar-refractivity contribution in [2.75, 3.05) is 13.1 Å². The number of aryl methyl sites for hydroxylation is 1. The van der Waals surface area contributed by atoms with Crippen LogP contribution in [0.5, 0.6) is 0 Å². The molecule has 31 heavy (non-hydrogen) atoms. The van der Waals surface area contributed by atoms with Gasteiger partial charge in [0.05, 0.1) is 0 Å². The van der Waals surface area contributed by atoms with Crippen LogP contribution in [-0.2, 0) is 24.3 Å². The maximum Gasteiger partial charge on any atom is 0.226 e. The fourth-order valence-electron chi connectivity index (χ4n) is 3.31. The summed E-state index contributed by atoms with van der Waals surface area (Å²) in [6.45, 7) is 7.85. The summed E-state index contributed by atoms with van der Waals surface area (Å²) >= 11 is 5.90. The van der Waals surface area contributed by atoms with Crippen LogP contribution in [0.25, 0.3) is 11.4 Å². The molecule has 0 unspecified atom stereocenters. The first-order valence-corrected chi connectivity index (χ1v) is 11.1. The van der Waals surface area contributed by atoms with Gasteiger partial charge in [0, 0.05) is 36.5 Å². The highest BCUT2D eigenvalue weighted by Gasteiger charge is 2.10. The van der Waals surface area contributed by atoms with Crippen LogP contribution in [0.15, 0.2) is 53.1 Å². The van der Waals surface area contributed by atoms with Crippen LogP contribution in [0.1, 0.15) is 43.7 Å². The fourth-order valence-corrected chi connectivity index (χ4v) is 3.43. The van der Waals surface area contributed by atoms with Crippen LogP contribution < -0.4 is 5.32 Å². The third-order valence-electron chi connectivity index (χ3n) is 5.15. The molecule has 0 saturated heterocycles. The minimum absolute atomic E-state index is 0.0200. The molecule has 2 aromatic carbocycles. The van der Waals surface area contributed by atoms with Gasteiger partial charge in [-0.1, -0.05) is 54.9 Å². The Kier molecular flexibility index (Phi) is 8.62. The van der Waals surface area contributed by atoms with Crippen molar-refractivity contribution in [3.63, 3.8) is 0 Å². The van der Waals surface area contributed by atoms with Crippen LogP contribution >= 0.6 is 11.6 Å². The number of halogens is 1. The highest BCUT2D eigenvalue weighted by molar-refractivity contribution is 6.30. The lowest BCUT2D eigenvalue weighted by Crippen LogP contribution is -2.23. The van der Waals surface area contributed by atoms with Crippen LogP contribution in [0, 0.1) is 0 Å². The molecule has 1 amide bonds. The van der Waals surface area contributed by atoms with Crippen LogP contribution in [0.2, 0.25) is 5.02 Å². The number of nitrogens with zero attached hydrogens (tertiary/aromatic N) is 3. The van der Waals surface area contributed by atoms with E-state index in [4.69, 9.17) is 16.1 Å². The zero-order valence-corrected chi connectivity index (χ0v) is 18.9. The van der Waals surface area contributed by atoms with E-state index in [1.807, 2.05) is 24.3 Å². The van der Waals surface area contributed by atoms with Crippen LogP contribution in [0.4, 0.5) is 0 Å². The quantitative estimate of drug-likeness (QED) is 0.460. The monoisotopic (exact) mass is 440 g/mol. The second-order valence-corrected chi connectivity index (χ2v) is 7.87. The topological polar surface area (TPSA) is 71.3 Å². The molecule has 0 saturated carbocycles. The third kappa shape index (κ3) is 7.19. The van der Waals surface area contributed by atoms with Gasteiger partial charge in [-0.2, -0.15) is 4.98 Å². The summed E-state index contributed by atoms with van der Waals surface area (Å²) in [6.07, 6.45) is 1.63. The van der Waals surface area contributed by atoms with Crippen molar-refractivity contribution in [3.05, 3.63) is 70.6 Å². The van der Waals surface area contributed by atoms with Crippen molar-refractivity contribution in [1.29, 1.82) is 0 Å². The Labute approximate surface area is 188 Å². The maximum atomic E-state index is 12.2. The second-order valence-electron chi connectivity index (χ2n) is 7.43. The molecule has 0 radical (unpaired) electrons. The molecule has 0 spiro atoms. The number of hydrogen-bond acceptors (Lipinski definition) is 5. The molecule has 164 valence electrons. The molecule has 6 nitrogen and oxygen atoms in total. The van der Waals surface area contributed by atoms with Gasteiger partial charge < -0.3 is 9.84 Å². The molecule has 0 aliphatic rings. The minimum Gasteiger partial charge on any atom is -0.352 e. The van der Waals surface area contributed by atoms with Crippen molar-refractivity contribution < 1.29 is 9.32 Å². The largest absolute Gasteiger partial charge is 0.352 e. The predicted molar refractivity (Wildman–Crippen MR) is 123 cm³/mol. The summed E-state index contributed by atoms with van der Waals surface area (Å²) in [5, 5.41) is 7.66. The number of benzene rings is 2. The lowest BCUT2D eigenvalue weighted by molar-refractivity contribution is -0.121. The SMILES string of the molecule is CCN(CC)Cc1cccc(CNC(=O)CCCc2nc(-c3ccc(Cl)cc3)no2)c1. The summed E-state index contributed by atoms with van der Waals surface area (Å²) < 4.78 is 5.29. The summed E-state index contributed by atoms with van der Waals surface area (Å²) in [6, 6.07) is 15.7. The standard InChI is InChI=1S/C24H29ClN4O2/c1-3-29(4-2)17-19-8-5-7-18(15-19)16-26-22(30)9-6-10-23-27-24(28-31-23)20-11-13-21(25)14-12-20/h5,7-8,11-15H,3-4,6,9-10,16-17H2,1-2H3,(H,26,30). The summed E-state index contributed by atoms with van der Waals surface area (Å²) in [7, 11) is 0. The Morgan fingerprint density at radius 3 is 2.58 bits per heavy atom. The van der Waals surface area contributed by atoms with E-state index in [9.17, 15) is 4.79 Å². The van der Waals surface area contributed by atoms with Crippen LogP contribution in [0.3, 0.4) is 0 Å². The molecular weight excluding hydrogens is 412 g/mol. The van der Waals surface area contributed by atoms with Gasteiger partial charge in [0.25, 0.3) is 0 Å². The van der Waals surface area contributed by atoms with Gasteiger partial charge in [-0.3, -0.25) is 9.69 Å². The molecule has 3 aromatic rings. The normalized spacial score (nSPS) is 11.1. The number of aromatic nitrogens is 2. The molecule has 3 rings (SSSR count). The van der Waals surface area contributed by atoms with Crippen molar-refractivity contribution in [3.8, 4) is 11.4 Å². The molecule has 0 aliphatic carbocycles. The molecular formula is C24H29ClN4O2. The Morgan fingerprint density at radius 1 is 1.10 bits per heavy atom. The van der Waals surface area contributed by atoms with E-state index in [1.165, 1.54) is 5.56 Å². The van der Waals surface area contributed by atoms with E-state index < -0.39 is 0 Å². The van der Waals surface area contributed by atoms with Gasteiger partial charge in [-0.05, 0) is 54.9 Å². The van der Waals surface area contributed by atoms with Gasteiger partial charge in [0.15, 0.2) is 0 Å². The molecule has 0 bridgehead atoms. The van der Waals surface area contributed by atoms with Crippen LogP contribution in [-0.4, -0.2) is 34.0 Å². The lowest BCUT2D eigenvalue weighted by atomic mass is 10.1. The third-order valence-corrected chi connectivity index (χ3v) is 5.40. The molecule has 1 heterocycles. The van der Waals surface area contributed by atoms with Gasteiger partial charge in [-0.15, -0.1) is 0 Å². The Morgan fingerprint density at radius 2 is 1.84 bits per heavy atom. The smallest absolute Gasteiger partial charge is 0.226 e. The maximum absolute atomic E-state index is 12.2. The Bertz CT molecular complexity index is 968. The van der Waals surface area contributed by atoms with Gasteiger partial charge >= 0.3 is 0 Å². The molecule has 0 atom stereocenters. The highest BCUT2D eigenvalue weighted by Crippen LogP contribution is 2.19. The van der Waals surface area contributed by atoms with Crippen molar-refractivity contribution in [2.45, 2.75) is 46.2 Å². The van der Waals surface area contributed by atoms with E-state index in [2.05, 4.69) is 46.3 Å². The molecule has 7 heteroatoms. The van der Waals surface area contributed by atoms with E-state index >= 15 is 0 Å². The predicted octanol–water partition coefficient (Wildman–Crippen LogP) is 4.87. The van der Waals surface area contributed by atoms with Crippen molar-refractivity contribution in [1.82, 2.24) is 20.4 Å². The summed E-state index contributed by atoms with van der Waals surface area (Å²) in [5.74, 6) is 1.08. The van der Waals surface area contributed by atoms with E-state index in [0.717, 1.165) is 30.8 Å². The van der Waals surface area contributed by atoms with E-state index in [-0.39, 0.29) is 5.91 Å².